The standard InChI is InChI=1S/C18H15N3O2S/c1-11(22)12-7-9-14(10-8-12)20-17(23)16-15(21-18(19)24-16)13-5-3-2-4-6-13/h2-10H,1H3,(H2,19,21)(H,20,23). The second kappa shape index (κ2) is 6.64. The van der Waals surface area contributed by atoms with Crippen LogP contribution in [0.2, 0.25) is 0 Å². The van der Waals surface area contributed by atoms with E-state index >= 15 is 0 Å². The molecule has 120 valence electrons. The number of hydrogen-bond acceptors (Lipinski definition) is 5. The highest BCUT2D eigenvalue weighted by atomic mass is 32.1. The first-order chi connectivity index (χ1) is 11.5. The number of amides is 1. The van der Waals surface area contributed by atoms with Gasteiger partial charge in [-0.3, -0.25) is 9.59 Å². The van der Waals surface area contributed by atoms with Gasteiger partial charge in [0.1, 0.15) is 4.88 Å². The van der Waals surface area contributed by atoms with Crippen LogP contribution in [-0.4, -0.2) is 16.7 Å². The number of nitrogens with two attached hydrogens (primary N) is 1. The van der Waals surface area contributed by atoms with Crippen molar-refractivity contribution >= 4 is 33.8 Å². The topological polar surface area (TPSA) is 85.1 Å². The number of carbonyl (C=O) groups is 2. The predicted octanol–water partition coefficient (Wildman–Crippen LogP) is 3.85. The van der Waals surface area contributed by atoms with E-state index in [0.29, 0.717) is 27.0 Å². The first kappa shape index (κ1) is 15.9. The van der Waals surface area contributed by atoms with Crippen LogP contribution in [0.3, 0.4) is 0 Å². The second-order valence-corrected chi connectivity index (χ2v) is 6.21. The van der Waals surface area contributed by atoms with E-state index in [1.165, 1.54) is 6.92 Å². The summed E-state index contributed by atoms with van der Waals surface area (Å²) in [6.45, 7) is 1.50. The molecule has 0 spiro atoms. The minimum atomic E-state index is -0.279. The lowest BCUT2D eigenvalue weighted by Gasteiger charge is -2.06. The van der Waals surface area contributed by atoms with Gasteiger partial charge >= 0.3 is 0 Å². The van der Waals surface area contributed by atoms with Crippen LogP contribution < -0.4 is 11.1 Å². The Morgan fingerprint density at radius 2 is 1.71 bits per heavy atom. The SMILES string of the molecule is CC(=O)c1ccc(NC(=O)c2sc(N)nc2-c2ccccc2)cc1. The summed E-state index contributed by atoms with van der Waals surface area (Å²) < 4.78 is 0. The Balaban J connectivity index is 1.87. The maximum absolute atomic E-state index is 12.6. The molecule has 3 aromatic rings. The summed E-state index contributed by atoms with van der Waals surface area (Å²) in [6, 6.07) is 16.2. The molecule has 0 fully saturated rings. The molecule has 1 amide bonds. The van der Waals surface area contributed by atoms with Gasteiger partial charge in [0.15, 0.2) is 10.9 Å². The normalized spacial score (nSPS) is 10.4. The summed E-state index contributed by atoms with van der Waals surface area (Å²) in [6.07, 6.45) is 0. The molecule has 0 atom stereocenters. The first-order valence-electron chi connectivity index (χ1n) is 7.28. The Kier molecular flexibility index (Phi) is 4.39. The number of thiazole rings is 1. The van der Waals surface area contributed by atoms with E-state index in [0.717, 1.165) is 16.9 Å². The Labute approximate surface area is 143 Å². The molecular formula is C18H15N3O2S. The summed E-state index contributed by atoms with van der Waals surface area (Å²) in [4.78, 5) is 28.6. The largest absolute Gasteiger partial charge is 0.375 e. The molecule has 1 heterocycles. The van der Waals surface area contributed by atoms with Crippen molar-refractivity contribution in [3.05, 3.63) is 65.0 Å². The van der Waals surface area contributed by atoms with Crippen molar-refractivity contribution < 1.29 is 9.59 Å². The Hall–Kier alpha value is -2.99. The average molecular weight is 337 g/mol. The number of nitrogens with zero attached hydrogens (tertiary/aromatic N) is 1. The van der Waals surface area contributed by atoms with Crippen molar-refractivity contribution in [3.8, 4) is 11.3 Å². The number of Topliss-reactive ketones (excluding diaryl/α,β-unsaturated/α-hetero) is 1. The third-order valence-electron chi connectivity index (χ3n) is 3.45. The van der Waals surface area contributed by atoms with E-state index in [1.807, 2.05) is 30.3 Å². The quantitative estimate of drug-likeness (QED) is 0.708. The van der Waals surface area contributed by atoms with E-state index in [1.54, 1.807) is 24.3 Å². The number of rotatable bonds is 4. The van der Waals surface area contributed by atoms with Crippen LogP contribution in [0.15, 0.2) is 54.6 Å². The van der Waals surface area contributed by atoms with Gasteiger partial charge in [-0.1, -0.05) is 41.7 Å². The van der Waals surface area contributed by atoms with Crippen molar-refractivity contribution in [2.45, 2.75) is 6.92 Å². The van der Waals surface area contributed by atoms with Crippen LogP contribution in [0.4, 0.5) is 10.8 Å². The molecule has 3 rings (SSSR count). The number of aromatic nitrogens is 1. The zero-order chi connectivity index (χ0) is 17.1. The summed E-state index contributed by atoms with van der Waals surface area (Å²) in [5.41, 5.74) is 8.40. The summed E-state index contributed by atoms with van der Waals surface area (Å²) in [5.74, 6) is -0.298. The average Bonchev–Trinajstić information content (AvgIpc) is 2.98. The van der Waals surface area contributed by atoms with Gasteiger partial charge in [0.25, 0.3) is 5.91 Å². The van der Waals surface area contributed by atoms with Crippen LogP contribution in [0.25, 0.3) is 11.3 Å². The van der Waals surface area contributed by atoms with Crippen LogP contribution in [-0.2, 0) is 0 Å². The zero-order valence-corrected chi connectivity index (χ0v) is 13.8. The lowest BCUT2D eigenvalue weighted by molar-refractivity contribution is 0.101. The van der Waals surface area contributed by atoms with Gasteiger partial charge in [0.2, 0.25) is 0 Å². The smallest absolute Gasteiger partial charge is 0.268 e. The maximum Gasteiger partial charge on any atom is 0.268 e. The molecule has 5 nitrogen and oxygen atoms in total. The third-order valence-corrected chi connectivity index (χ3v) is 4.33. The van der Waals surface area contributed by atoms with Gasteiger partial charge in [-0.2, -0.15) is 0 Å². The molecule has 0 saturated heterocycles. The van der Waals surface area contributed by atoms with Gasteiger partial charge in [0.05, 0.1) is 5.69 Å². The van der Waals surface area contributed by atoms with Gasteiger partial charge in [-0.15, -0.1) is 0 Å². The summed E-state index contributed by atoms with van der Waals surface area (Å²) in [7, 11) is 0. The zero-order valence-electron chi connectivity index (χ0n) is 12.9. The molecule has 6 heteroatoms. The minimum Gasteiger partial charge on any atom is -0.375 e. The van der Waals surface area contributed by atoms with Crippen LogP contribution >= 0.6 is 11.3 Å². The van der Waals surface area contributed by atoms with E-state index in [2.05, 4.69) is 10.3 Å². The Morgan fingerprint density at radius 3 is 2.33 bits per heavy atom. The van der Waals surface area contributed by atoms with Crippen molar-refractivity contribution in [2.75, 3.05) is 11.1 Å². The molecular weight excluding hydrogens is 322 g/mol. The van der Waals surface area contributed by atoms with Gasteiger partial charge in [0, 0.05) is 16.8 Å². The molecule has 0 radical (unpaired) electrons. The van der Waals surface area contributed by atoms with Crippen molar-refractivity contribution in [3.63, 3.8) is 0 Å². The number of hydrogen-bond donors (Lipinski definition) is 2. The van der Waals surface area contributed by atoms with Crippen LogP contribution in [0.5, 0.6) is 0 Å². The van der Waals surface area contributed by atoms with E-state index in [4.69, 9.17) is 5.73 Å². The number of benzene rings is 2. The molecule has 0 saturated carbocycles. The number of carbonyl (C=O) groups excluding carboxylic acids is 2. The molecule has 2 aromatic carbocycles. The number of nitrogen functional groups attached to an aromatic ring is 1. The van der Waals surface area contributed by atoms with Crippen molar-refractivity contribution in [1.29, 1.82) is 0 Å². The number of ketones is 1. The van der Waals surface area contributed by atoms with Gasteiger partial charge in [-0.25, -0.2) is 4.98 Å². The first-order valence-corrected chi connectivity index (χ1v) is 8.10. The summed E-state index contributed by atoms with van der Waals surface area (Å²) >= 11 is 1.15. The Bertz CT molecular complexity index is 886. The van der Waals surface area contributed by atoms with Crippen molar-refractivity contribution in [2.24, 2.45) is 0 Å². The molecule has 0 unspecified atom stereocenters. The molecule has 3 N–H and O–H groups in total. The predicted molar refractivity (Wildman–Crippen MR) is 96.4 cm³/mol. The van der Waals surface area contributed by atoms with E-state index < -0.39 is 0 Å². The summed E-state index contributed by atoms with van der Waals surface area (Å²) in [5, 5.41) is 3.15. The molecule has 24 heavy (non-hydrogen) atoms. The minimum absolute atomic E-state index is 0.0190. The van der Waals surface area contributed by atoms with Crippen molar-refractivity contribution in [1.82, 2.24) is 4.98 Å². The molecule has 1 aromatic heterocycles. The lowest BCUT2D eigenvalue weighted by Crippen LogP contribution is -2.11. The van der Waals surface area contributed by atoms with E-state index in [9.17, 15) is 9.59 Å². The van der Waals surface area contributed by atoms with Gasteiger partial charge < -0.3 is 11.1 Å². The highest BCUT2D eigenvalue weighted by Crippen LogP contribution is 2.30. The number of nitrogens with one attached hydrogen (secondary N) is 1. The highest BCUT2D eigenvalue weighted by molar-refractivity contribution is 7.17. The fourth-order valence-corrected chi connectivity index (χ4v) is 3.01. The molecule has 0 bridgehead atoms. The molecule has 0 aliphatic rings. The van der Waals surface area contributed by atoms with E-state index in [-0.39, 0.29) is 11.7 Å². The maximum atomic E-state index is 12.6. The lowest BCUT2D eigenvalue weighted by atomic mass is 10.1. The second-order valence-electron chi connectivity index (χ2n) is 5.18. The van der Waals surface area contributed by atoms with Gasteiger partial charge in [-0.05, 0) is 31.2 Å². The Morgan fingerprint density at radius 1 is 1.04 bits per heavy atom. The molecule has 0 aliphatic carbocycles. The van der Waals surface area contributed by atoms with Crippen LogP contribution in [0, 0.1) is 0 Å². The fourth-order valence-electron chi connectivity index (χ4n) is 2.26. The third kappa shape index (κ3) is 3.33. The highest BCUT2D eigenvalue weighted by Gasteiger charge is 2.18. The number of anilines is 2. The molecule has 0 aliphatic heterocycles. The fraction of sp³-hybridized carbons (Fsp3) is 0.0556. The monoisotopic (exact) mass is 337 g/mol. The van der Waals surface area contributed by atoms with Crippen LogP contribution in [0.1, 0.15) is 27.0 Å².